The number of carbonyl (C=O) groups is 2. The number of hydrogen-bond donors (Lipinski definition) is 3. The van der Waals surface area contributed by atoms with Gasteiger partial charge in [0.25, 0.3) is 5.91 Å². The number of rotatable bonds is 8. The van der Waals surface area contributed by atoms with Crippen molar-refractivity contribution < 1.29 is 9.59 Å². The predicted octanol–water partition coefficient (Wildman–Crippen LogP) is 0.532. The largest absolute Gasteiger partial charge is 0.355 e. The van der Waals surface area contributed by atoms with Crippen LogP contribution in [0, 0.1) is 0 Å². The van der Waals surface area contributed by atoms with E-state index in [1.54, 1.807) is 24.3 Å². The Balaban J connectivity index is 2.15. The molecule has 1 aromatic rings. The van der Waals surface area contributed by atoms with Crippen molar-refractivity contribution in [1.82, 2.24) is 16.0 Å². The second kappa shape index (κ2) is 9.10. The van der Waals surface area contributed by atoms with Gasteiger partial charge in [0, 0.05) is 12.1 Å². The molecule has 0 unspecified atom stereocenters. The van der Waals surface area contributed by atoms with Crippen molar-refractivity contribution in [2.45, 2.75) is 13.3 Å². The lowest BCUT2D eigenvalue weighted by Gasteiger charge is -2.07. The second-order valence-corrected chi connectivity index (χ2v) is 4.11. The van der Waals surface area contributed by atoms with Crippen molar-refractivity contribution in [1.29, 1.82) is 0 Å². The first-order valence-corrected chi connectivity index (χ1v) is 6.54. The fraction of sp³-hybridized carbons (Fsp3) is 0.429. The van der Waals surface area contributed by atoms with Crippen LogP contribution in [-0.2, 0) is 4.79 Å². The van der Waals surface area contributed by atoms with Crippen molar-refractivity contribution in [2.24, 2.45) is 0 Å². The van der Waals surface area contributed by atoms with E-state index in [0.717, 1.165) is 19.5 Å². The molecule has 3 N–H and O–H groups in total. The summed E-state index contributed by atoms with van der Waals surface area (Å²) in [5.41, 5.74) is 0.558. The molecule has 104 valence electrons. The van der Waals surface area contributed by atoms with Gasteiger partial charge in [-0.15, -0.1) is 0 Å². The molecule has 0 aromatic heterocycles. The zero-order valence-electron chi connectivity index (χ0n) is 11.2. The first kappa shape index (κ1) is 15.2. The number of nitrogens with one attached hydrogen (secondary N) is 3. The molecule has 0 fully saturated rings. The normalized spacial score (nSPS) is 9.95. The van der Waals surface area contributed by atoms with E-state index < -0.39 is 0 Å². The van der Waals surface area contributed by atoms with Gasteiger partial charge in [-0.1, -0.05) is 25.1 Å². The van der Waals surface area contributed by atoms with Crippen LogP contribution in [0.4, 0.5) is 0 Å². The fourth-order valence-corrected chi connectivity index (χ4v) is 1.53. The van der Waals surface area contributed by atoms with Crippen molar-refractivity contribution in [2.75, 3.05) is 26.2 Å². The maximum atomic E-state index is 11.7. The Morgan fingerprint density at radius 1 is 1.05 bits per heavy atom. The highest BCUT2D eigenvalue weighted by molar-refractivity contribution is 5.96. The van der Waals surface area contributed by atoms with Crippen molar-refractivity contribution in [3.05, 3.63) is 35.9 Å². The summed E-state index contributed by atoms with van der Waals surface area (Å²) in [5.74, 6) is -0.399. The molecule has 0 bridgehead atoms. The monoisotopic (exact) mass is 263 g/mol. The molecular formula is C14H21N3O2. The molecule has 0 aliphatic rings. The number of amides is 2. The molecule has 0 saturated heterocycles. The van der Waals surface area contributed by atoms with Gasteiger partial charge in [-0.3, -0.25) is 9.59 Å². The first-order valence-electron chi connectivity index (χ1n) is 6.54. The molecule has 0 heterocycles. The third-order valence-corrected chi connectivity index (χ3v) is 2.55. The average molecular weight is 263 g/mol. The van der Waals surface area contributed by atoms with Crippen LogP contribution in [-0.4, -0.2) is 38.0 Å². The Morgan fingerprint density at radius 2 is 1.79 bits per heavy atom. The van der Waals surface area contributed by atoms with Gasteiger partial charge in [0.2, 0.25) is 5.91 Å². The molecule has 1 rings (SSSR count). The van der Waals surface area contributed by atoms with Gasteiger partial charge in [-0.05, 0) is 31.6 Å². The van der Waals surface area contributed by atoms with Gasteiger partial charge in [-0.2, -0.15) is 0 Å². The summed E-state index contributed by atoms with van der Waals surface area (Å²) in [6.45, 7) is 4.48. The van der Waals surface area contributed by atoms with Crippen molar-refractivity contribution >= 4 is 11.8 Å². The molecule has 1 aromatic carbocycles. The molecule has 0 aliphatic carbocycles. The molecule has 19 heavy (non-hydrogen) atoms. The minimum Gasteiger partial charge on any atom is -0.355 e. The van der Waals surface area contributed by atoms with Crippen LogP contribution in [0.2, 0.25) is 0 Å². The Kier molecular flexibility index (Phi) is 7.27. The summed E-state index contributed by atoms with van der Waals surface area (Å²) >= 11 is 0. The second-order valence-electron chi connectivity index (χ2n) is 4.11. The third kappa shape index (κ3) is 6.57. The lowest BCUT2D eigenvalue weighted by Crippen LogP contribution is -2.37. The van der Waals surface area contributed by atoms with E-state index in [4.69, 9.17) is 0 Å². The SMILES string of the molecule is CCNCCCNC(=O)CNC(=O)c1ccccc1. The minimum absolute atomic E-state index is 0.00886. The summed E-state index contributed by atoms with van der Waals surface area (Å²) in [6.07, 6.45) is 0.881. The molecule has 0 saturated carbocycles. The molecular weight excluding hydrogens is 242 g/mol. The Labute approximate surface area is 113 Å². The average Bonchev–Trinajstić information content (AvgIpc) is 2.45. The topological polar surface area (TPSA) is 70.2 Å². The van der Waals surface area contributed by atoms with Crippen LogP contribution < -0.4 is 16.0 Å². The summed E-state index contributed by atoms with van der Waals surface area (Å²) < 4.78 is 0. The molecule has 5 nitrogen and oxygen atoms in total. The molecule has 2 amide bonds. The van der Waals surface area contributed by atoms with Crippen LogP contribution in [0.3, 0.4) is 0 Å². The lowest BCUT2D eigenvalue weighted by molar-refractivity contribution is -0.120. The van der Waals surface area contributed by atoms with Gasteiger partial charge in [-0.25, -0.2) is 0 Å². The Bertz CT molecular complexity index is 393. The van der Waals surface area contributed by atoms with Gasteiger partial charge < -0.3 is 16.0 Å². The first-order chi connectivity index (χ1) is 9.24. The van der Waals surface area contributed by atoms with Gasteiger partial charge in [0.15, 0.2) is 0 Å². The quantitative estimate of drug-likeness (QED) is 0.599. The van der Waals surface area contributed by atoms with Gasteiger partial charge >= 0.3 is 0 Å². The van der Waals surface area contributed by atoms with Gasteiger partial charge in [0.1, 0.15) is 0 Å². The number of carbonyl (C=O) groups excluding carboxylic acids is 2. The summed E-state index contributed by atoms with van der Waals surface area (Å²) in [4.78, 5) is 23.1. The molecule has 5 heteroatoms. The lowest BCUT2D eigenvalue weighted by atomic mass is 10.2. The van der Waals surface area contributed by atoms with E-state index in [1.165, 1.54) is 0 Å². The molecule has 0 atom stereocenters. The van der Waals surface area contributed by atoms with Crippen molar-refractivity contribution in [3.8, 4) is 0 Å². The Morgan fingerprint density at radius 3 is 2.47 bits per heavy atom. The highest BCUT2D eigenvalue weighted by atomic mass is 16.2. The molecule has 0 spiro atoms. The number of benzene rings is 1. The van der Waals surface area contributed by atoms with E-state index >= 15 is 0 Å². The highest BCUT2D eigenvalue weighted by Gasteiger charge is 2.06. The third-order valence-electron chi connectivity index (χ3n) is 2.55. The minimum atomic E-state index is -0.233. The highest BCUT2D eigenvalue weighted by Crippen LogP contribution is 1.97. The van der Waals surface area contributed by atoms with Crippen LogP contribution in [0.1, 0.15) is 23.7 Å². The van der Waals surface area contributed by atoms with Crippen LogP contribution in [0.5, 0.6) is 0 Å². The van der Waals surface area contributed by atoms with Crippen LogP contribution >= 0.6 is 0 Å². The zero-order valence-corrected chi connectivity index (χ0v) is 11.2. The van der Waals surface area contributed by atoms with E-state index in [0.29, 0.717) is 12.1 Å². The maximum Gasteiger partial charge on any atom is 0.251 e. The fourth-order valence-electron chi connectivity index (χ4n) is 1.53. The van der Waals surface area contributed by atoms with E-state index in [2.05, 4.69) is 16.0 Å². The predicted molar refractivity (Wildman–Crippen MR) is 74.9 cm³/mol. The Hall–Kier alpha value is -1.88. The smallest absolute Gasteiger partial charge is 0.251 e. The standard InChI is InChI=1S/C14H21N3O2/c1-2-15-9-6-10-16-13(18)11-17-14(19)12-7-4-3-5-8-12/h3-5,7-8,15H,2,6,9-11H2,1H3,(H,16,18)(H,17,19). The van der Waals surface area contributed by atoms with Crippen LogP contribution in [0.25, 0.3) is 0 Å². The van der Waals surface area contributed by atoms with Crippen LogP contribution in [0.15, 0.2) is 30.3 Å². The maximum absolute atomic E-state index is 11.7. The zero-order chi connectivity index (χ0) is 13.9. The van der Waals surface area contributed by atoms with E-state index in [1.807, 2.05) is 13.0 Å². The summed E-state index contributed by atoms with van der Waals surface area (Å²) in [6, 6.07) is 8.84. The summed E-state index contributed by atoms with van der Waals surface area (Å²) in [7, 11) is 0. The number of hydrogen-bond acceptors (Lipinski definition) is 3. The molecule has 0 radical (unpaired) electrons. The van der Waals surface area contributed by atoms with E-state index in [9.17, 15) is 9.59 Å². The van der Waals surface area contributed by atoms with Gasteiger partial charge in [0.05, 0.1) is 6.54 Å². The van der Waals surface area contributed by atoms with Crippen molar-refractivity contribution in [3.63, 3.8) is 0 Å². The summed E-state index contributed by atoms with van der Waals surface area (Å²) in [5, 5.41) is 8.51. The molecule has 0 aliphatic heterocycles. The van der Waals surface area contributed by atoms with E-state index in [-0.39, 0.29) is 18.4 Å².